The quantitative estimate of drug-likeness (QED) is 0.556. The van der Waals surface area contributed by atoms with Crippen molar-refractivity contribution in [3.05, 3.63) is 46.0 Å². The Kier molecular flexibility index (Phi) is 6.19. The largest absolute Gasteiger partial charge is 0.431 e. The highest BCUT2D eigenvalue weighted by molar-refractivity contribution is 5.87. The minimum absolute atomic E-state index is 0.118. The van der Waals surface area contributed by atoms with E-state index in [0.717, 1.165) is 37.7 Å². The summed E-state index contributed by atoms with van der Waals surface area (Å²) in [4.78, 5) is 35.1. The third-order valence-corrected chi connectivity index (χ3v) is 10.3. The van der Waals surface area contributed by atoms with Gasteiger partial charge in [-0.25, -0.2) is 4.79 Å². The zero-order valence-corrected chi connectivity index (χ0v) is 20.9. The first-order chi connectivity index (χ1) is 16.6. The highest BCUT2D eigenvalue weighted by Crippen LogP contribution is 2.67. The minimum Gasteiger partial charge on any atom is -0.431 e. The number of primary amides is 1. The second kappa shape index (κ2) is 8.91. The van der Waals surface area contributed by atoms with Crippen molar-refractivity contribution in [2.45, 2.75) is 89.6 Å². The van der Waals surface area contributed by atoms with Crippen LogP contribution in [0.2, 0.25) is 0 Å². The lowest BCUT2D eigenvalue weighted by Crippen LogP contribution is -2.55. The summed E-state index contributed by atoms with van der Waals surface area (Å²) in [7, 11) is 0. The molecule has 7 nitrogen and oxygen atoms in total. The fourth-order valence-electron chi connectivity index (χ4n) is 8.41. The van der Waals surface area contributed by atoms with Crippen molar-refractivity contribution in [3.8, 4) is 0 Å². The monoisotopic (exact) mass is 481 g/mol. The predicted octanol–water partition coefficient (Wildman–Crippen LogP) is 3.37. The molecule has 0 aliphatic heterocycles. The normalized spacial score (nSPS) is 38.9. The van der Waals surface area contributed by atoms with Crippen LogP contribution in [0, 0.1) is 28.6 Å². The first-order valence-corrected chi connectivity index (χ1v) is 13.3. The van der Waals surface area contributed by atoms with Crippen LogP contribution < -0.4 is 22.4 Å². The molecular formula is C28H39N3O4. The number of carbonyl (C=O) groups is 2. The highest BCUT2D eigenvalue weighted by atomic mass is 16.4. The molecule has 0 radical (unpaired) electrons. The van der Waals surface area contributed by atoms with Gasteiger partial charge in [0, 0.05) is 12.1 Å². The lowest BCUT2D eigenvalue weighted by Gasteiger charge is -2.60. The van der Waals surface area contributed by atoms with Gasteiger partial charge in [0.2, 0.25) is 11.8 Å². The molecular weight excluding hydrogens is 442 g/mol. The van der Waals surface area contributed by atoms with Crippen molar-refractivity contribution in [3.63, 3.8) is 0 Å². The molecule has 2 amide bonds. The Morgan fingerprint density at radius 2 is 1.97 bits per heavy atom. The van der Waals surface area contributed by atoms with Gasteiger partial charge in [0.05, 0.1) is 18.7 Å². The van der Waals surface area contributed by atoms with Gasteiger partial charge >= 0.3 is 5.63 Å². The van der Waals surface area contributed by atoms with Gasteiger partial charge in [-0.2, -0.15) is 0 Å². The average molecular weight is 482 g/mol. The molecule has 1 aromatic heterocycles. The lowest BCUT2D eigenvalue weighted by atomic mass is 9.45. The van der Waals surface area contributed by atoms with E-state index in [9.17, 15) is 14.4 Å². The second-order valence-corrected chi connectivity index (χ2v) is 12.0. The SMILES string of the molecule is C[C@]12CC[C@H](NC(=O)[C@H](N)CC(N)=O)C[C@H]1CC[C@H]1C3=CC[C@H](c4ccc(=O)oc4)[C@@]3(C)CC[C@@H]12. The van der Waals surface area contributed by atoms with E-state index < -0.39 is 11.9 Å². The maximum atomic E-state index is 12.5. The number of carbonyl (C=O) groups excluding carboxylic acids is 2. The van der Waals surface area contributed by atoms with E-state index in [4.69, 9.17) is 15.9 Å². The van der Waals surface area contributed by atoms with E-state index in [0.29, 0.717) is 23.7 Å². The van der Waals surface area contributed by atoms with Gasteiger partial charge in [-0.05, 0) is 97.5 Å². The molecule has 4 aliphatic carbocycles. The molecule has 8 atom stereocenters. The Hall–Kier alpha value is -2.41. The van der Waals surface area contributed by atoms with Crippen LogP contribution in [0.25, 0.3) is 0 Å². The van der Waals surface area contributed by atoms with Crippen LogP contribution in [0.3, 0.4) is 0 Å². The summed E-state index contributed by atoms with van der Waals surface area (Å²) in [5.41, 5.74) is 14.0. The molecule has 5 rings (SSSR count). The summed E-state index contributed by atoms with van der Waals surface area (Å²) in [6.07, 6.45) is 12.9. The number of hydrogen-bond acceptors (Lipinski definition) is 5. The number of fused-ring (bicyclic) bond motifs is 5. The van der Waals surface area contributed by atoms with Gasteiger partial charge in [0.15, 0.2) is 0 Å². The van der Waals surface area contributed by atoms with Crippen molar-refractivity contribution < 1.29 is 14.0 Å². The summed E-state index contributed by atoms with van der Waals surface area (Å²) < 4.78 is 5.22. The summed E-state index contributed by atoms with van der Waals surface area (Å²) in [5, 5.41) is 3.10. The number of hydrogen-bond donors (Lipinski definition) is 3. The van der Waals surface area contributed by atoms with Crippen molar-refractivity contribution in [1.82, 2.24) is 5.32 Å². The smallest absolute Gasteiger partial charge is 0.335 e. The maximum Gasteiger partial charge on any atom is 0.335 e. The van der Waals surface area contributed by atoms with Crippen molar-refractivity contribution >= 4 is 11.8 Å². The van der Waals surface area contributed by atoms with E-state index in [1.54, 1.807) is 17.9 Å². The van der Waals surface area contributed by atoms with Crippen molar-refractivity contribution in [2.75, 3.05) is 0 Å². The molecule has 0 saturated heterocycles. The van der Waals surface area contributed by atoms with E-state index in [-0.39, 0.29) is 34.8 Å². The van der Waals surface area contributed by atoms with E-state index in [2.05, 4.69) is 25.2 Å². The summed E-state index contributed by atoms with van der Waals surface area (Å²) >= 11 is 0. The van der Waals surface area contributed by atoms with Crippen LogP contribution in [0.15, 0.2) is 39.3 Å². The summed E-state index contributed by atoms with van der Waals surface area (Å²) in [5.74, 6) is 1.43. The van der Waals surface area contributed by atoms with Crippen LogP contribution in [0.1, 0.15) is 83.1 Å². The van der Waals surface area contributed by atoms with Gasteiger partial charge in [0.1, 0.15) is 0 Å². The Labute approximate surface area is 207 Å². The van der Waals surface area contributed by atoms with Crippen LogP contribution >= 0.6 is 0 Å². The van der Waals surface area contributed by atoms with E-state index >= 15 is 0 Å². The van der Waals surface area contributed by atoms with Gasteiger partial charge in [-0.1, -0.05) is 25.5 Å². The number of allylic oxidation sites excluding steroid dienone is 2. The first-order valence-electron chi connectivity index (χ1n) is 13.3. The van der Waals surface area contributed by atoms with E-state index in [1.807, 2.05) is 6.07 Å². The van der Waals surface area contributed by atoms with Crippen molar-refractivity contribution in [1.29, 1.82) is 0 Å². The Morgan fingerprint density at radius 3 is 2.69 bits per heavy atom. The maximum absolute atomic E-state index is 12.5. The molecule has 0 unspecified atom stereocenters. The van der Waals surface area contributed by atoms with Gasteiger partial charge in [0.25, 0.3) is 0 Å². The molecule has 1 aromatic rings. The zero-order valence-electron chi connectivity index (χ0n) is 20.9. The van der Waals surface area contributed by atoms with Gasteiger partial charge in [-0.15, -0.1) is 0 Å². The first kappa shape index (κ1) is 24.3. The molecule has 3 fully saturated rings. The molecule has 0 aromatic carbocycles. The fourth-order valence-corrected chi connectivity index (χ4v) is 8.41. The Balaban J connectivity index is 1.28. The minimum atomic E-state index is -0.868. The molecule has 7 heteroatoms. The van der Waals surface area contributed by atoms with Crippen LogP contribution in [0.5, 0.6) is 0 Å². The Morgan fingerprint density at radius 1 is 1.17 bits per heavy atom. The number of nitrogens with two attached hydrogens (primary N) is 2. The molecule has 35 heavy (non-hydrogen) atoms. The number of nitrogens with one attached hydrogen (secondary N) is 1. The number of amides is 2. The lowest BCUT2D eigenvalue weighted by molar-refractivity contribution is -0.127. The summed E-state index contributed by atoms with van der Waals surface area (Å²) in [6.45, 7) is 4.92. The third kappa shape index (κ3) is 4.15. The average Bonchev–Trinajstić information content (AvgIpc) is 3.16. The zero-order chi connectivity index (χ0) is 25.0. The topological polar surface area (TPSA) is 128 Å². The standard InChI is InChI=1S/C28H39N3O4/c1-27-11-9-18(31-26(34)23(29)14-24(30)32)13-17(27)4-5-19-21-7-6-20(16-3-8-25(33)35-15-16)28(21,2)12-10-22(19)27/h3,7-8,15,17-20,22-23H,4-6,9-14,29H2,1-2H3,(H2,30,32)(H,31,34)/t17-,18+,19+,20-,22+,23-,27+,28-/m1/s1. The molecule has 4 aliphatic rings. The highest BCUT2D eigenvalue weighted by Gasteiger charge is 2.57. The third-order valence-electron chi connectivity index (χ3n) is 10.3. The Bertz CT molecular complexity index is 1080. The predicted molar refractivity (Wildman–Crippen MR) is 133 cm³/mol. The molecule has 0 spiro atoms. The van der Waals surface area contributed by atoms with E-state index in [1.165, 1.54) is 19.3 Å². The van der Waals surface area contributed by atoms with Crippen LogP contribution in [-0.4, -0.2) is 23.9 Å². The fraction of sp³-hybridized carbons (Fsp3) is 0.679. The van der Waals surface area contributed by atoms with Crippen LogP contribution in [-0.2, 0) is 9.59 Å². The summed E-state index contributed by atoms with van der Waals surface area (Å²) in [6, 6.07) is 2.75. The molecule has 0 bridgehead atoms. The van der Waals surface area contributed by atoms with Crippen LogP contribution in [0.4, 0.5) is 0 Å². The van der Waals surface area contributed by atoms with Crippen molar-refractivity contribution in [2.24, 2.45) is 40.1 Å². The molecule has 190 valence electrons. The second-order valence-electron chi connectivity index (χ2n) is 12.0. The van der Waals surface area contributed by atoms with Gasteiger partial charge in [-0.3, -0.25) is 9.59 Å². The molecule has 3 saturated carbocycles. The molecule has 5 N–H and O–H groups in total. The van der Waals surface area contributed by atoms with Gasteiger partial charge < -0.3 is 21.2 Å². The number of rotatable bonds is 5. The molecule has 1 heterocycles.